The van der Waals surface area contributed by atoms with Gasteiger partial charge >= 0.3 is 0 Å². The van der Waals surface area contributed by atoms with Gasteiger partial charge in [-0.05, 0) is 59.4 Å². The molecular weight excluding hydrogens is 538 g/mol. The van der Waals surface area contributed by atoms with Crippen LogP contribution >= 0.6 is 11.6 Å². The lowest BCUT2D eigenvalue weighted by Crippen LogP contribution is -2.09. The van der Waals surface area contributed by atoms with Crippen molar-refractivity contribution in [3.63, 3.8) is 0 Å². The Hall–Kier alpha value is -4.80. The molecule has 0 radical (unpaired) electrons. The fraction of sp³-hybridized carbons (Fsp3) is 0.108. The van der Waals surface area contributed by atoms with E-state index in [0.29, 0.717) is 23.9 Å². The summed E-state index contributed by atoms with van der Waals surface area (Å²) in [6.07, 6.45) is 11.3. The van der Waals surface area contributed by atoms with Crippen molar-refractivity contribution in [1.82, 2.24) is 15.0 Å². The largest absolute Gasteiger partial charge is 0.459 e. The molecule has 0 amide bonds. The Morgan fingerprint density at radius 3 is 2.24 bits per heavy atom. The second-order valence-corrected chi connectivity index (χ2v) is 11.3. The summed E-state index contributed by atoms with van der Waals surface area (Å²) in [6, 6.07) is 31.5. The van der Waals surface area contributed by atoms with Crippen LogP contribution in [0.25, 0.3) is 55.4 Å². The van der Waals surface area contributed by atoms with E-state index in [1.807, 2.05) is 24.3 Å². The highest BCUT2D eigenvalue weighted by Gasteiger charge is 2.29. The summed E-state index contributed by atoms with van der Waals surface area (Å²) < 4.78 is 6.24. The highest BCUT2D eigenvalue weighted by molar-refractivity contribution is 6.22. The molecule has 4 aromatic carbocycles. The lowest BCUT2D eigenvalue weighted by Gasteiger charge is -2.18. The minimum absolute atomic E-state index is 0.234. The van der Waals surface area contributed by atoms with Gasteiger partial charge in [0.2, 0.25) is 0 Å². The number of rotatable bonds is 4. The van der Waals surface area contributed by atoms with Crippen LogP contribution in [0.2, 0.25) is 0 Å². The number of allylic oxidation sites excluding steroid dienone is 5. The van der Waals surface area contributed by atoms with Gasteiger partial charge in [-0.15, -0.1) is 11.6 Å². The lowest BCUT2D eigenvalue weighted by atomic mass is 9.93. The van der Waals surface area contributed by atoms with Gasteiger partial charge in [0.05, 0.1) is 5.38 Å². The maximum Gasteiger partial charge on any atom is 0.164 e. The van der Waals surface area contributed by atoms with Gasteiger partial charge in [0.1, 0.15) is 11.3 Å². The molecule has 2 aliphatic rings. The number of alkyl halides is 1. The Morgan fingerprint density at radius 2 is 1.40 bits per heavy atom. The summed E-state index contributed by atoms with van der Waals surface area (Å²) in [7, 11) is 0. The second-order valence-electron chi connectivity index (χ2n) is 10.7. The normalized spacial score (nSPS) is 16.4. The summed E-state index contributed by atoms with van der Waals surface area (Å²) in [5.74, 6) is 2.72. The van der Waals surface area contributed by atoms with Gasteiger partial charge in [0.25, 0.3) is 0 Å². The fourth-order valence-electron chi connectivity index (χ4n) is 5.93. The Labute approximate surface area is 248 Å². The SMILES string of the molecule is ClC1CC=C(c2nc(C3=CCCC=C3)nc(-c3ccc4cc(-c5ccccc5)ccc4c3)n2)c2c1oc1ccccc21. The van der Waals surface area contributed by atoms with E-state index in [-0.39, 0.29) is 5.38 Å². The van der Waals surface area contributed by atoms with Gasteiger partial charge in [-0.3, -0.25) is 0 Å². The van der Waals surface area contributed by atoms with Crippen molar-refractivity contribution in [2.45, 2.75) is 24.6 Å². The molecular formula is C37H26ClN3O. The molecule has 8 rings (SSSR count). The fourth-order valence-corrected chi connectivity index (χ4v) is 6.17. The zero-order chi connectivity index (χ0) is 28.0. The zero-order valence-electron chi connectivity index (χ0n) is 22.8. The maximum atomic E-state index is 6.75. The van der Waals surface area contributed by atoms with Gasteiger partial charge in [-0.2, -0.15) is 0 Å². The molecule has 0 aliphatic heterocycles. The van der Waals surface area contributed by atoms with Gasteiger partial charge in [0, 0.05) is 27.7 Å². The first-order chi connectivity index (χ1) is 20.7. The first kappa shape index (κ1) is 25.0. The minimum atomic E-state index is -0.234. The van der Waals surface area contributed by atoms with Gasteiger partial charge in [0.15, 0.2) is 17.5 Å². The van der Waals surface area contributed by atoms with Crippen molar-refractivity contribution in [1.29, 1.82) is 0 Å². The minimum Gasteiger partial charge on any atom is -0.459 e. The number of benzene rings is 4. The van der Waals surface area contributed by atoms with E-state index < -0.39 is 0 Å². The van der Waals surface area contributed by atoms with Crippen molar-refractivity contribution in [2.75, 3.05) is 0 Å². The van der Waals surface area contributed by atoms with E-state index in [1.54, 1.807) is 0 Å². The van der Waals surface area contributed by atoms with E-state index in [0.717, 1.165) is 57.2 Å². The van der Waals surface area contributed by atoms with Gasteiger partial charge < -0.3 is 4.42 Å². The molecule has 5 heteroatoms. The number of para-hydroxylation sites is 1. The number of hydrogen-bond donors (Lipinski definition) is 0. The first-order valence-electron chi connectivity index (χ1n) is 14.3. The van der Waals surface area contributed by atoms with E-state index in [2.05, 4.69) is 91.0 Å². The number of nitrogens with zero attached hydrogens (tertiary/aromatic N) is 3. The number of furan rings is 1. The third-order valence-corrected chi connectivity index (χ3v) is 8.42. The molecule has 202 valence electrons. The highest BCUT2D eigenvalue weighted by Crippen LogP contribution is 2.44. The Balaban J connectivity index is 1.28. The monoisotopic (exact) mass is 563 g/mol. The Morgan fingerprint density at radius 1 is 0.667 bits per heavy atom. The van der Waals surface area contributed by atoms with Crippen LogP contribution in [-0.2, 0) is 0 Å². The summed E-state index contributed by atoms with van der Waals surface area (Å²) in [5.41, 5.74) is 7.09. The molecule has 2 heterocycles. The van der Waals surface area contributed by atoms with Crippen molar-refractivity contribution < 1.29 is 4.42 Å². The van der Waals surface area contributed by atoms with E-state index in [9.17, 15) is 0 Å². The quantitative estimate of drug-likeness (QED) is 0.200. The summed E-state index contributed by atoms with van der Waals surface area (Å²) in [4.78, 5) is 15.1. The van der Waals surface area contributed by atoms with E-state index in [4.69, 9.17) is 31.0 Å². The maximum absolute atomic E-state index is 6.75. The Kier molecular flexibility index (Phi) is 6.08. The van der Waals surface area contributed by atoms with Crippen molar-refractivity contribution >= 4 is 44.5 Å². The van der Waals surface area contributed by atoms with Crippen LogP contribution in [0.3, 0.4) is 0 Å². The highest BCUT2D eigenvalue weighted by atomic mass is 35.5. The Bertz CT molecular complexity index is 2090. The molecule has 42 heavy (non-hydrogen) atoms. The predicted octanol–water partition coefficient (Wildman–Crippen LogP) is 9.95. The molecule has 1 atom stereocenters. The molecule has 2 aliphatic carbocycles. The first-order valence-corrected chi connectivity index (χ1v) is 14.7. The average molecular weight is 564 g/mol. The van der Waals surface area contributed by atoms with Crippen LogP contribution in [0, 0.1) is 0 Å². The average Bonchev–Trinajstić information content (AvgIpc) is 3.46. The summed E-state index contributed by atoms with van der Waals surface area (Å²) >= 11 is 6.75. The molecule has 0 saturated carbocycles. The molecule has 0 bridgehead atoms. The van der Waals surface area contributed by atoms with Crippen LogP contribution in [0.4, 0.5) is 0 Å². The van der Waals surface area contributed by atoms with Crippen molar-refractivity contribution in [3.8, 4) is 22.5 Å². The summed E-state index contributed by atoms with van der Waals surface area (Å²) in [5, 5.41) is 3.09. The van der Waals surface area contributed by atoms with E-state index >= 15 is 0 Å². The van der Waals surface area contributed by atoms with Crippen LogP contribution in [0.1, 0.15) is 47.6 Å². The topological polar surface area (TPSA) is 51.8 Å². The van der Waals surface area contributed by atoms with Gasteiger partial charge in [-0.1, -0.05) is 97.1 Å². The van der Waals surface area contributed by atoms with Gasteiger partial charge in [-0.25, -0.2) is 15.0 Å². The number of hydrogen-bond acceptors (Lipinski definition) is 4. The predicted molar refractivity (Wildman–Crippen MR) is 171 cm³/mol. The number of aromatic nitrogens is 3. The molecule has 1 unspecified atom stereocenters. The number of halogens is 1. The molecule has 0 fully saturated rings. The molecule has 6 aromatic rings. The summed E-state index contributed by atoms with van der Waals surface area (Å²) in [6.45, 7) is 0. The van der Waals surface area contributed by atoms with E-state index in [1.165, 1.54) is 16.5 Å². The smallest absolute Gasteiger partial charge is 0.164 e. The molecule has 0 N–H and O–H groups in total. The molecule has 4 nitrogen and oxygen atoms in total. The van der Waals surface area contributed by atoms with Crippen LogP contribution in [0.5, 0.6) is 0 Å². The third-order valence-electron chi connectivity index (χ3n) is 8.04. The number of fused-ring (bicyclic) bond motifs is 4. The zero-order valence-corrected chi connectivity index (χ0v) is 23.6. The van der Waals surface area contributed by atoms with Crippen LogP contribution in [0.15, 0.2) is 120 Å². The second kappa shape index (κ2) is 10.2. The van der Waals surface area contributed by atoms with Crippen molar-refractivity contribution in [2.24, 2.45) is 0 Å². The molecule has 2 aromatic heterocycles. The van der Waals surface area contributed by atoms with Crippen molar-refractivity contribution in [3.05, 3.63) is 138 Å². The third kappa shape index (κ3) is 4.36. The lowest BCUT2D eigenvalue weighted by molar-refractivity contribution is 0.538. The van der Waals surface area contributed by atoms with Crippen LogP contribution in [-0.4, -0.2) is 15.0 Å². The standard InChI is InChI=1S/C37H26ClN3O/c38-31-20-19-30(33-29-13-7-8-14-32(29)42-34(31)33)37-40-35(24-11-5-2-6-12-24)39-36(41-37)28-18-17-26-21-25(15-16-27(26)22-28)23-9-3-1-4-10-23/h1,3-5,7-19,21-22,31H,2,6,20H2. The molecule has 0 spiro atoms. The molecule has 0 saturated heterocycles. The van der Waals surface area contributed by atoms with Crippen LogP contribution < -0.4 is 0 Å².